The molecular formula is C13H22N2O2. The van der Waals surface area contributed by atoms with Gasteiger partial charge in [0.25, 0.3) is 0 Å². The van der Waals surface area contributed by atoms with E-state index in [-0.39, 0.29) is 6.04 Å². The predicted molar refractivity (Wildman–Crippen MR) is 65.2 cm³/mol. The Balaban J connectivity index is 1.83. The number of nitrogens with one attached hydrogen (secondary N) is 2. The molecule has 2 saturated carbocycles. The highest BCUT2D eigenvalue weighted by Gasteiger charge is 2.42. The molecule has 2 fully saturated rings. The first-order valence-corrected chi connectivity index (χ1v) is 6.70. The van der Waals surface area contributed by atoms with Crippen LogP contribution in [0.4, 0.5) is 0 Å². The van der Waals surface area contributed by atoms with Crippen LogP contribution in [0.2, 0.25) is 0 Å². The van der Waals surface area contributed by atoms with Gasteiger partial charge in [-0.3, -0.25) is 9.59 Å². The molecule has 4 unspecified atom stereocenters. The van der Waals surface area contributed by atoms with Crippen molar-refractivity contribution in [2.24, 2.45) is 17.8 Å². The minimum absolute atomic E-state index is 0.125. The Morgan fingerprint density at radius 1 is 1.24 bits per heavy atom. The Labute approximate surface area is 103 Å². The van der Waals surface area contributed by atoms with Crippen LogP contribution in [0, 0.1) is 17.8 Å². The molecule has 4 heteroatoms. The Bertz CT molecular complexity index is 317. The van der Waals surface area contributed by atoms with Gasteiger partial charge in [-0.15, -0.1) is 0 Å². The highest BCUT2D eigenvalue weighted by Crippen LogP contribution is 2.49. The molecule has 0 aliphatic heterocycles. The molecule has 0 spiro atoms. The van der Waals surface area contributed by atoms with Crippen molar-refractivity contribution in [1.82, 2.24) is 10.6 Å². The molecule has 0 heterocycles. The summed E-state index contributed by atoms with van der Waals surface area (Å²) in [5, 5.41) is 5.36. The first-order valence-electron chi connectivity index (χ1n) is 6.70. The quantitative estimate of drug-likeness (QED) is 0.722. The molecule has 0 aromatic rings. The summed E-state index contributed by atoms with van der Waals surface area (Å²) in [7, 11) is 0. The Morgan fingerprint density at radius 3 is 2.53 bits per heavy atom. The van der Waals surface area contributed by atoms with Crippen LogP contribution in [-0.4, -0.2) is 24.4 Å². The largest absolute Gasteiger partial charge is 0.348 e. The highest BCUT2D eigenvalue weighted by atomic mass is 16.2. The predicted octanol–water partition coefficient (Wildman–Crippen LogP) is 1.06. The smallest absolute Gasteiger partial charge is 0.309 e. The zero-order valence-electron chi connectivity index (χ0n) is 10.7. The number of carbonyl (C=O) groups excluding carboxylic acids is 2. The summed E-state index contributed by atoms with van der Waals surface area (Å²) in [6.07, 6.45) is 5.21. The van der Waals surface area contributed by atoms with E-state index in [1.807, 2.05) is 13.8 Å². The van der Waals surface area contributed by atoms with Crippen LogP contribution in [0.25, 0.3) is 0 Å². The molecule has 96 valence electrons. The maximum absolute atomic E-state index is 11.6. The molecule has 17 heavy (non-hydrogen) atoms. The lowest BCUT2D eigenvalue weighted by molar-refractivity contribution is -0.139. The SMILES string of the molecule is CCNC(=O)C(=O)NC(C)C1CC2CCC1C2. The molecule has 0 saturated heterocycles. The van der Waals surface area contributed by atoms with Crippen molar-refractivity contribution >= 4 is 11.8 Å². The van der Waals surface area contributed by atoms with Crippen LogP contribution in [-0.2, 0) is 9.59 Å². The van der Waals surface area contributed by atoms with Gasteiger partial charge in [-0.05, 0) is 50.9 Å². The summed E-state index contributed by atoms with van der Waals surface area (Å²) in [6, 6.07) is 0.125. The number of carbonyl (C=O) groups is 2. The molecule has 0 aromatic carbocycles. The molecule has 2 rings (SSSR count). The van der Waals surface area contributed by atoms with E-state index in [9.17, 15) is 9.59 Å². The van der Waals surface area contributed by atoms with Gasteiger partial charge in [0.15, 0.2) is 0 Å². The molecular weight excluding hydrogens is 216 g/mol. The van der Waals surface area contributed by atoms with Crippen LogP contribution in [0.1, 0.15) is 39.5 Å². The lowest BCUT2D eigenvalue weighted by Gasteiger charge is -2.28. The minimum atomic E-state index is -0.512. The van der Waals surface area contributed by atoms with Crippen molar-refractivity contribution in [3.63, 3.8) is 0 Å². The van der Waals surface area contributed by atoms with Crippen LogP contribution >= 0.6 is 0 Å². The number of fused-ring (bicyclic) bond motifs is 2. The molecule has 2 aliphatic rings. The summed E-state index contributed by atoms with van der Waals surface area (Å²) in [5.74, 6) is 1.22. The maximum atomic E-state index is 11.6. The van der Waals surface area contributed by atoms with E-state index < -0.39 is 11.8 Å². The van der Waals surface area contributed by atoms with Crippen LogP contribution in [0.3, 0.4) is 0 Å². The first kappa shape index (κ1) is 12.4. The number of hydrogen-bond acceptors (Lipinski definition) is 2. The second-order valence-electron chi connectivity index (χ2n) is 5.46. The zero-order chi connectivity index (χ0) is 12.4. The topological polar surface area (TPSA) is 58.2 Å². The third kappa shape index (κ3) is 2.61. The van der Waals surface area contributed by atoms with E-state index in [0.717, 1.165) is 11.8 Å². The number of hydrogen-bond donors (Lipinski definition) is 2. The van der Waals surface area contributed by atoms with E-state index in [0.29, 0.717) is 12.5 Å². The first-order chi connectivity index (χ1) is 8.11. The van der Waals surface area contributed by atoms with E-state index in [2.05, 4.69) is 10.6 Å². The third-order valence-corrected chi connectivity index (χ3v) is 4.34. The molecule has 2 N–H and O–H groups in total. The van der Waals surface area contributed by atoms with Crippen LogP contribution in [0.15, 0.2) is 0 Å². The Morgan fingerprint density at radius 2 is 2.00 bits per heavy atom. The van der Waals surface area contributed by atoms with Crippen molar-refractivity contribution in [2.45, 2.75) is 45.6 Å². The normalized spacial score (nSPS) is 32.2. The summed E-state index contributed by atoms with van der Waals surface area (Å²) in [5.41, 5.74) is 0. The molecule has 2 bridgehead atoms. The molecule has 0 radical (unpaired) electrons. The Hall–Kier alpha value is -1.06. The number of likely N-dealkylation sites (N-methyl/N-ethyl adjacent to an activating group) is 1. The fraction of sp³-hybridized carbons (Fsp3) is 0.846. The van der Waals surface area contributed by atoms with Crippen molar-refractivity contribution in [2.75, 3.05) is 6.54 Å². The van der Waals surface area contributed by atoms with Crippen LogP contribution < -0.4 is 10.6 Å². The lowest BCUT2D eigenvalue weighted by Crippen LogP contribution is -2.47. The fourth-order valence-electron chi connectivity index (χ4n) is 3.53. The average Bonchev–Trinajstić information content (AvgIpc) is 2.90. The van der Waals surface area contributed by atoms with Gasteiger partial charge in [0, 0.05) is 12.6 Å². The van der Waals surface area contributed by atoms with Gasteiger partial charge in [0.2, 0.25) is 0 Å². The van der Waals surface area contributed by atoms with Gasteiger partial charge < -0.3 is 10.6 Å². The second kappa shape index (κ2) is 5.07. The Kier molecular flexibility index (Phi) is 3.69. The van der Waals surface area contributed by atoms with Gasteiger partial charge in [-0.1, -0.05) is 6.42 Å². The third-order valence-electron chi connectivity index (χ3n) is 4.34. The van der Waals surface area contributed by atoms with E-state index in [1.165, 1.54) is 25.7 Å². The van der Waals surface area contributed by atoms with E-state index >= 15 is 0 Å². The maximum Gasteiger partial charge on any atom is 0.309 e. The average molecular weight is 238 g/mol. The summed E-state index contributed by atoms with van der Waals surface area (Å²) < 4.78 is 0. The second-order valence-corrected chi connectivity index (χ2v) is 5.46. The lowest BCUT2D eigenvalue weighted by atomic mass is 9.84. The molecule has 4 nitrogen and oxygen atoms in total. The highest BCUT2D eigenvalue weighted by molar-refractivity contribution is 6.35. The van der Waals surface area contributed by atoms with E-state index in [1.54, 1.807) is 0 Å². The summed E-state index contributed by atoms with van der Waals surface area (Å²) in [4.78, 5) is 22.9. The van der Waals surface area contributed by atoms with Crippen molar-refractivity contribution in [3.8, 4) is 0 Å². The monoisotopic (exact) mass is 238 g/mol. The fourth-order valence-corrected chi connectivity index (χ4v) is 3.53. The number of amides is 2. The molecule has 2 aliphatic carbocycles. The van der Waals surface area contributed by atoms with Crippen molar-refractivity contribution in [1.29, 1.82) is 0 Å². The van der Waals surface area contributed by atoms with Crippen LogP contribution in [0.5, 0.6) is 0 Å². The summed E-state index contributed by atoms with van der Waals surface area (Å²) in [6.45, 7) is 4.34. The van der Waals surface area contributed by atoms with Crippen molar-refractivity contribution in [3.05, 3.63) is 0 Å². The standard InChI is InChI=1S/C13H22N2O2/c1-3-14-12(16)13(17)15-8(2)11-7-9-4-5-10(11)6-9/h8-11H,3-7H2,1-2H3,(H,14,16)(H,15,17). The zero-order valence-corrected chi connectivity index (χ0v) is 10.7. The molecule has 0 aromatic heterocycles. The van der Waals surface area contributed by atoms with Crippen molar-refractivity contribution < 1.29 is 9.59 Å². The minimum Gasteiger partial charge on any atom is -0.348 e. The van der Waals surface area contributed by atoms with Gasteiger partial charge >= 0.3 is 11.8 Å². The molecule has 4 atom stereocenters. The number of rotatable bonds is 3. The van der Waals surface area contributed by atoms with E-state index in [4.69, 9.17) is 0 Å². The van der Waals surface area contributed by atoms with Gasteiger partial charge in [0.1, 0.15) is 0 Å². The van der Waals surface area contributed by atoms with Gasteiger partial charge in [-0.25, -0.2) is 0 Å². The summed E-state index contributed by atoms with van der Waals surface area (Å²) >= 11 is 0. The van der Waals surface area contributed by atoms with Gasteiger partial charge in [-0.2, -0.15) is 0 Å². The van der Waals surface area contributed by atoms with Gasteiger partial charge in [0.05, 0.1) is 0 Å². The molecule has 2 amide bonds.